The molecule has 0 saturated heterocycles. The van der Waals surface area contributed by atoms with Gasteiger partial charge in [-0.2, -0.15) is 0 Å². The molecule has 2 N–H and O–H groups in total. The van der Waals surface area contributed by atoms with E-state index in [9.17, 15) is 4.79 Å². The number of nitrogens with zero attached hydrogens (tertiary/aromatic N) is 2. The van der Waals surface area contributed by atoms with Gasteiger partial charge in [-0.05, 0) is 56.5 Å². The van der Waals surface area contributed by atoms with Crippen LogP contribution in [0.5, 0.6) is 5.75 Å². The third-order valence-corrected chi connectivity index (χ3v) is 6.23. The van der Waals surface area contributed by atoms with E-state index in [1.54, 1.807) is 17.2 Å². The van der Waals surface area contributed by atoms with Crippen molar-refractivity contribution in [1.29, 1.82) is 5.41 Å². The summed E-state index contributed by atoms with van der Waals surface area (Å²) in [6, 6.07) is 8.17. The molecule has 1 aromatic carbocycles. The van der Waals surface area contributed by atoms with Gasteiger partial charge in [0.15, 0.2) is 5.76 Å². The Bertz CT molecular complexity index is 1150. The van der Waals surface area contributed by atoms with Crippen molar-refractivity contribution >= 4 is 28.8 Å². The number of hydrogen-bond donors (Lipinski definition) is 2. The molecule has 3 rings (SSSR count). The van der Waals surface area contributed by atoms with Crippen LogP contribution < -0.4 is 4.74 Å². The molecule has 0 spiro atoms. The maximum atomic E-state index is 13.0. The number of aryl methyl sites for hydroxylation is 2. The maximum Gasteiger partial charge on any atom is 0.255 e. The smallest absolute Gasteiger partial charge is 0.255 e. The van der Waals surface area contributed by atoms with E-state index in [0.29, 0.717) is 28.7 Å². The number of benzene rings is 1. The van der Waals surface area contributed by atoms with Gasteiger partial charge in [-0.3, -0.25) is 4.79 Å². The summed E-state index contributed by atoms with van der Waals surface area (Å²) in [5.74, 6) is 1.51. The molecule has 0 aliphatic rings. The first kappa shape index (κ1) is 22.4. The van der Waals surface area contributed by atoms with Crippen LogP contribution in [-0.4, -0.2) is 39.7 Å². The number of H-pyrrole nitrogens is 1. The number of carbonyl (C=O) groups excluding carboxylic acids is 1. The van der Waals surface area contributed by atoms with Gasteiger partial charge in [0.1, 0.15) is 5.75 Å². The number of aromatic amines is 1. The van der Waals surface area contributed by atoms with Gasteiger partial charge >= 0.3 is 0 Å². The number of aromatic nitrogens is 2. The zero-order chi connectivity index (χ0) is 22.9. The van der Waals surface area contributed by atoms with Crippen LogP contribution in [0.25, 0.3) is 16.7 Å². The zero-order valence-electron chi connectivity index (χ0n) is 19.4. The van der Waals surface area contributed by atoms with Crippen molar-refractivity contribution in [3.8, 4) is 5.75 Å². The number of ether oxygens (including phenoxy) is 1. The molecule has 6 nitrogen and oxygen atoms in total. The monoisotopic (exact) mass is 420 g/mol. The predicted molar refractivity (Wildman–Crippen MR) is 127 cm³/mol. The van der Waals surface area contributed by atoms with Gasteiger partial charge in [-0.1, -0.05) is 13.8 Å². The average Bonchev–Trinajstić information content (AvgIpc) is 3.25. The van der Waals surface area contributed by atoms with E-state index < -0.39 is 0 Å². The van der Waals surface area contributed by atoms with Crippen molar-refractivity contribution in [3.63, 3.8) is 0 Å². The van der Waals surface area contributed by atoms with Gasteiger partial charge in [-0.15, -0.1) is 0 Å². The van der Waals surface area contributed by atoms with Crippen LogP contribution in [0, 0.1) is 25.2 Å². The van der Waals surface area contributed by atoms with Gasteiger partial charge in [0.2, 0.25) is 0 Å². The molecule has 2 aromatic heterocycles. The molecule has 0 aliphatic carbocycles. The van der Waals surface area contributed by atoms with Crippen molar-refractivity contribution in [2.75, 3.05) is 7.05 Å². The van der Waals surface area contributed by atoms with E-state index >= 15 is 0 Å². The van der Waals surface area contributed by atoms with Gasteiger partial charge in [0.25, 0.3) is 5.91 Å². The number of rotatable bonds is 7. The molecule has 6 heteroatoms. The van der Waals surface area contributed by atoms with Crippen molar-refractivity contribution in [1.82, 2.24) is 14.5 Å². The molecule has 0 radical (unpaired) electrons. The first-order chi connectivity index (χ1) is 14.6. The van der Waals surface area contributed by atoms with Crippen LogP contribution >= 0.6 is 0 Å². The second kappa shape index (κ2) is 8.84. The SMILES string of the molecule is Cc1c(C(=O)N(C)[C@@H](C)C(C)C)c[nH]c1/C(=C\C=N)Oc1ccc2c(c1)cc(C)n2C. The summed E-state index contributed by atoms with van der Waals surface area (Å²) in [4.78, 5) is 18.0. The van der Waals surface area contributed by atoms with Crippen LogP contribution in [0.4, 0.5) is 0 Å². The number of carbonyl (C=O) groups is 1. The molecule has 0 aliphatic heterocycles. The molecular formula is C25H32N4O2. The summed E-state index contributed by atoms with van der Waals surface area (Å²) in [6.07, 6.45) is 4.50. The molecule has 0 saturated carbocycles. The van der Waals surface area contributed by atoms with Gasteiger partial charge in [0.05, 0.1) is 11.3 Å². The first-order valence-electron chi connectivity index (χ1n) is 10.6. The van der Waals surface area contributed by atoms with Crippen molar-refractivity contribution in [2.45, 2.75) is 40.7 Å². The maximum absolute atomic E-state index is 13.0. The van der Waals surface area contributed by atoms with Crippen LogP contribution in [0.15, 0.2) is 36.5 Å². The van der Waals surface area contributed by atoms with Crippen molar-refractivity contribution < 1.29 is 9.53 Å². The third kappa shape index (κ3) is 4.29. The number of hydrogen-bond acceptors (Lipinski definition) is 3. The molecule has 0 unspecified atom stereocenters. The minimum Gasteiger partial charge on any atom is -0.455 e. The van der Waals surface area contributed by atoms with Crippen LogP contribution in [-0.2, 0) is 7.05 Å². The minimum atomic E-state index is -0.0309. The topological polar surface area (TPSA) is 74.1 Å². The molecule has 164 valence electrons. The fraction of sp³-hybridized carbons (Fsp3) is 0.360. The Morgan fingerprint density at radius 2 is 1.94 bits per heavy atom. The van der Waals surface area contributed by atoms with E-state index in [1.807, 2.05) is 39.2 Å². The highest BCUT2D eigenvalue weighted by Gasteiger charge is 2.24. The fourth-order valence-corrected chi connectivity index (χ4v) is 3.70. The lowest BCUT2D eigenvalue weighted by Crippen LogP contribution is -2.38. The summed E-state index contributed by atoms with van der Waals surface area (Å²) >= 11 is 0. The molecule has 0 bridgehead atoms. The standard InChI is InChI=1S/C25H32N4O2/c1-15(2)18(5)29(7)25(30)21-14-27-24(17(21)4)23(10-11-26)31-20-8-9-22-19(13-20)12-16(3)28(22)6/h8-15,18,26-27H,1-7H3/b23-10+,26-11?/t18-/m0/s1. The number of nitrogens with one attached hydrogen (secondary N) is 2. The van der Waals surface area contributed by atoms with E-state index in [4.69, 9.17) is 10.1 Å². The normalized spacial score (nSPS) is 13.0. The summed E-state index contributed by atoms with van der Waals surface area (Å²) in [5, 5.41) is 8.66. The highest BCUT2D eigenvalue weighted by Crippen LogP contribution is 2.29. The lowest BCUT2D eigenvalue weighted by atomic mass is 10.0. The average molecular weight is 421 g/mol. The molecule has 1 amide bonds. The Hall–Kier alpha value is -3.28. The lowest BCUT2D eigenvalue weighted by Gasteiger charge is -2.28. The Labute approximate surface area is 184 Å². The second-order valence-corrected chi connectivity index (χ2v) is 8.47. The Morgan fingerprint density at radius 3 is 2.58 bits per heavy atom. The van der Waals surface area contributed by atoms with E-state index in [2.05, 4.69) is 43.3 Å². The molecule has 0 fully saturated rings. The van der Waals surface area contributed by atoms with Gasteiger partial charge in [0, 0.05) is 55.2 Å². The number of allylic oxidation sites excluding steroid dienone is 1. The van der Waals surface area contributed by atoms with E-state index in [-0.39, 0.29) is 11.9 Å². The summed E-state index contributed by atoms with van der Waals surface area (Å²) in [6.45, 7) is 10.2. The van der Waals surface area contributed by atoms with Crippen molar-refractivity contribution in [2.24, 2.45) is 13.0 Å². The zero-order valence-corrected chi connectivity index (χ0v) is 19.4. The summed E-state index contributed by atoms with van der Waals surface area (Å²) < 4.78 is 8.30. The molecule has 1 atom stereocenters. The summed E-state index contributed by atoms with van der Waals surface area (Å²) in [7, 11) is 3.87. The molecule has 2 heterocycles. The summed E-state index contributed by atoms with van der Waals surface area (Å²) in [5.41, 5.74) is 4.41. The van der Waals surface area contributed by atoms with Gasteiger partial charge in [-0.25, -0.2) is 0 Å². The molecule has 3 aromatic rings. The molecule has 31 heavy (non-hydrogen) atoms. The second-order valence-electron chi connectivity index (χ2n) is 8.47. The Balaban J connectivity index is 1.92. The Kier molecular flexibility index (Phi) is 6.39. The fourth-order valence-electron chi connectivity index (χ4n) is 3.70. The highest BCUT2D eigenvalue weighted by molar-refractivity contribution is 5.97. The third-order valence-electron chi connectivity index (χ3n) is 6.23. The number of amides is 1. The quantitative estimate of drug-likeness (QED) is 0.401. The highest BCUT2D eigenvalue weighted by atomic mass is 16.5. The first-order valence-corrected chi connectivity index (χ1v) is 10.6. The Morgan fingerprint density at radius 1 is 1.23 bits per heavy atom. The largest absolute Gasteiger partial charge is 0.455 e. The minimum absolute atomic E-state index is 0.0309. The van der Waals surface area contributed by atoms with Crippen molar-refractivity contribution in [3.05, 3.63) is 59.1 Å². The molecular weight excluding hydrogens is 388 g/mol. The van der Waals surface area contributed by atoms with E-state index in [0.717, 1.165) is 16.5 Å². The van der Waals surface area contributed by atoms with E-state index in [1.165, 1.54) is 11.9 Å². The van der Waals surface area contributed by atoms with Crippen LogP contribution in [0.3, 0.4) is 0 Å². The number of fused-ring (bicyclic) bond motifs is 1. The van der Waals surface area contributed by atoms with Crippen LogP contribution in [0.1, 0.15) is 48.1 Å². The van der Waals surface area contributed by atoms with Crippen LogP contribution in [0.2, 0.25) is 0 Å². The lowest BCUT2D eigenvalue weighted by molar-refractivity contribution is 0.0706. The predicted octanol–water partition coefficient (Wildman–Crippen LogP) is 5.31. The van der Waals surface area contributed by atoms with Gasteiger partial charge < -0.3 is 24.6 Å².